The first kappa shape index (κ1) is 19.9. The van der Waals surface area contributed by atoms with E-state index in [4.69, 9.17) is 9.47 Å². The monoisotopic (exact) mass is 372 g/mol. The fraction of sp³-hybridized carbons (Fsp3) is 0.652. The van der Waals surface area contributed by atoms with Gasteiger partial charge in [0.05, 0.1) is 19.1 Å². The minimum Gasteiger partial charge on any atom is -0.469 e. The zero-order valence-electron chi connectivity index (χ0n) is 17.3. The molecule has 1 aromatic rings. The molecule has 1 saturated carbocycles. The number of methoxy groups -OCH3 is 1. The lowest BCUT2D eigenvalue weighted by atomic mass is 9.49. The first-order valence-corrected chi connectivity index (χ1v) is 10.1. The molecule has 1 aromatic carbocycles. The SMILES string of the molecule is COC(=O)[C@]1(C)CCC[C@]2(C)c3ccc([C@H](C)COC(C)=O)cc3CC[C@@H]12. The Morgan fingerprint density at radius 2 is 2.00 bits per heavy atom. The number of esters is 2. The smallest absolute Gasteiger partial charge is 0.311 e. The quantitative estimate of drug-likeness (QED) is 0.728. The van der Waals surface area contributed by atoms with E-state index < -0.39 is 5.41 Å². The van der Waals surface area contributed by atoms with Crippen molar-refractivity contribution in [2.24, 2.45) is 11.3 Å². The molecule has 0 N–H and O–H groups in total. The number of hydrogen-bond donors (Lipinski definition) is 0. The average Bonchev–Trinajstić information content (AvgIpc) is 2.64. The molecule has 4 atom stereocenters. The van der Waals surface area contributed by atoms with Gasteiger partial charge in [-0.25, -0.2) is 0 Å². The Balaban J connectivity index is 1.92. The summed E-state index contributed by atoms with van der Waals surface area (Å²) in [4.78, 5) is 23.7. The van der Waals surface area contributed by atoms with Crippen molar-refractivity contribution in [2.45, 2.75) is 71.1 Å². The van der Waals surface area contributed by atoms with Gasteiger partial charge >= 0.3 is 11.9 Å². The van der Waals surface area contributed by atoms with Gasteiger partial charge in [-0.05, 0) is 60.6 Å². The molecule has 148 valence electrons. The molecule has 4 heteroatoms. The van der Waals surface area contributed by atoms with Gasteiger partial charge in [-0.2, -0.15) is 0 Å². The molecule has 0 radical (unpaired) electrons. The minimum atomic E-state index is -0.402. The van der Waals surface area contributed by atoms with Crippen LogP contribution in [0.2, 0.25) is 0 Å². The maximum absolute atomic E-state index is 12.6. The third-order valence-electron chi connectivity index (χ3n) is 7.13. The molecule has 0 aliphatic heterocycles. The van der Waals surface area contributed by atoms with E-state index in [-0.39, 0.29) is 23.3 Å². The van der Waals surface area contributed by atoms with Gasteiger partial charge in [-0.3, -0.25) is 9.59 Å². The summed E-state index contributed by atoms with van der Waals surface area (Å²) in [7, 11) is 1.51. The van der Waals surface area contributed by atoms with Gasteiger partial charge in [-0.15, -0.1) is 0 Å². The Morgan fingerprint density at radius 3 is 2.67 bits per heavy atom. The standard InChI is InChI=1S/C23H32O4/c1-15(14-27-16(2)24)17-7-9-19-18(13-17)8-10-20-22(19,3)11-6-12-23(20,4)21(25)26-5/h7,9,13,15,20H,6,8,10-12,14H2,1-5H3/t15-,20-,22-,23-/m1/s1. The second kappa shape index (κ2) is 7.29. The van der Waals surface area contributed by atoms with Crippen molar-refractivity contribution in [3.63, 3.8) is 0 Å². The Bertz CT molecular complexity index is 740. The largest absolute Gasteiger partial charge is 0.469 e. The molecule has 2 aliphatic rings. The molecule has 1 fully saturated rings. The summed E-state index contributed by atoms with van der Waals surface area (Å²) in [6.07, 6.45) is 5.06. The van der Waals surface area contributed by atoms with E-state index in [1.807, 2.05) is 0 Å². The molecular weight excluding hydrogens is 340 g/mol. The summed E-state index contributed by atoms with van der Waals surface area (Å²) in [5.41, 5.74) is 3.59. The summed E-state index contributed by atoms with van der Waals surface area (Å²) < 4.78 is 10.4. The van der Waals surface area contributed by atoms with Crippen molar-refractivity contribution in [3.8, 4) is 0 Å². The Hall–Kier alpha value is -1.84. The molecule has 4 nitrogen and oxygen atoms in total. The van der Waals surface area contributed by atoms with Crippen LogP contribution >= 0.6 is 0 Å². The number of aryl methyl sites for hydroxylation is 1. The highest BCUT2D eigenvalue weighted by molar-refractivity contribution is 5.77. The predicted molar refractivity (Wildman–Crippen MR) is 105 cm³/mol. The second-order valence-electron chi connectivity index (χ2n) is 8.89. The van der Waals surface area contributed by atoms with Crippen molar-refractivity contribution in [1.82, 2.24) is 0 Å². The van der Waals surface area contributed by atoms with Crippen molar-refractivity contribution in [2.75, 3.05) is 13.7 Å². The summed E-state index contributed by atoms with van der Waals surface area (Å²) in [6, 6.07) is 6.71. The summed E-state index contributed by atoms with van der Waals surface area (Å²) in [5, 5.41) is 0. The van der Waals surface area contributed by atoms with Crippen LogP contribution in [-0.4, -0.2) is 25.7 Å². The fourth-order valence-corrected chi connectivity index (χ4v) is 5.63. The van der Waals surface area contributed by atoms with Gasteiger partial charge in [0.1, 0.15) is 0 Å². The van der Waals surface area contributed by atoms with Gasteiger partial charge in [0.15, 0.2) is 0 Å². The van der Waals surface area contributed by atoms with Crippen LogP contribution in [0.3, 0.4) is 0 Å². The summed E-state index contributed by atoms with van der Waals surface area (Å²) in [5.74, 6) is 0.187. The highest BCUT2D eigenvalue weighted by atomic mass is 16.5. The van der Waals surface area contributed by atoms with Crippen LogP contribution in [0.15, 0.2) is 18.2 Å². The van der Waals surface area contributed by atoms with Crippen LogP contribution < -0.4 is 0 Å². The van der Waals surface area contributed by atoms with E-state index in [2.05, 4.69) is 39.0 Å². The third kappa shape index (κ3) is 3.39. The number of fused-ring (bicyclic) bond motifs is 3. The summed E-state index contributed by atoms with van der Waals surface area (Å²) in [6.45, 7) is 8.38. The van der Waals surface area contributed by atoms with Crippen molar-refractivity contribution >= 4 is 11.9 Å². The minimum absolute atomic E-state index is 0.00637. The Kier molecular flexibility index (Phi) is 5.38. The zero-order valence-corrected chi connectivity index (χ0v) is 17.3. The lowest BCUT2D eigenvalue weighted by Gasteiger charge is -2.54. The molecule has 0 heterocycles. The highest BCUT2D eigenvalue weighted by Crippen LogP contribution is 2.57. The Labute approximate surface area is 162 Å². The molecular formula is C23H32O4. The maximum atomic E-state index is 12.6. The van der Waals surface area contributed by atoms with Gasteiger partial charge < -0.3 is 9.47 Å². The van der Waals surface area contributed by atoms with E-state index in [0.717, 1.165) is 32.1 Å². The number of carbonyl (C=O) groups excluding carboxylic acids is 2. The molecule has 0 amide bonds. The predicted octanol–water partition coefficient (Wildman–Crippen LogP) is 4.54. The van der Waals surface area contributed by atoms with Crippen LogP contribution in [0.25, 0.3) is 0 Å². The highest BCUT2D eigenvalue weighted by Gasteiger charge is 2.55. The van der Waals surface area contributed by atoms with E-state index >= 15 is 0 Å². The number of carbonyl (C=O) groups is 2. The van der Waals surface area contributed by atoms with Crippen LogP contribution in [-0.2, 0) is 30.9 Å². The number of benzene rings is 1. The molecule has 0 bridgehead atoms. The number of ether oxygens (including phenoxy) is 2. The van der Waals surface area contributed by atoms with Crippen LogP contribution in [0.1, 0.15) is 76.0 Å². The van der Waals surface area contributed by atoms with E-state index in [1.54, 1.807) is 0 Å². The third-order valence-corrected chi connectivity index (χ3v) is 7.13. The van der Waals surface area contributed by atoms with Gasteiger partial charge in [-0.1, -0.05) is 38.5 Å². The first-order chi connectivity index (χ1) is 12.7. The van der Waals surface area contributed by atoms with Gasteiger partial charge in [0, 0.05) is 12.8 Å². The lowest BCUT2D eigenvalue weighted by Crippen LogP contribution is -2.52. The number of rotatable bonds is 4. The van der Waals surface area contributed by atoms with Gasteiger partial charge in [0.25, 0.3) is 0 Å². The van der Waals surface area contributed by atoms with Crippen LogP contribution in [0, 0.1) is 11.3 Å². The molecule has 2 aliphatic carbocycles. The lowest BCUT2D eigenvalue weighted by molar-refractivity contribution is -0.161. The topological polar surface area (TPSA) is 52.6 Å². The van der Waals surface area contributed by atoms with Crippen molar-refractivity contribution in [1.29, 1.82) is 0 Å². The average molecular weight is 373 g/mol. The first-order valence-electron chi connectivity index (χ1n) is 10.1. The normalized spacial score (nSPS) is 30.6. The van der Waals surface area contributed by atoms with E-state index in [9.17, 15) is 9.59 Å². The molecule has 0 unspecified atom stereocenters. The number of hydrogen-bond acceptors (Lipinski definition) is 4. The maximum Gasteiger partial charge on any atom is 0.311 e. The second-order valence-corrected chi connectivity index (χ2v) is 8.89. The zero-order chi connectivity index (χ0) is 19.8. The molecule has 0 aromatic heterocycles. The molecule has 3 rings (SSSR count). The van der Waals surface area contributed by atoms with Crippen LogP contribution in [0.5, 0.6) is 0 Å². The van der Waals surface area contributed by atoms with Crippen LogP contribution in [0.4, 0.5) is 0 Å². The molecule has 0 spiro atoms. The van der Waals surface area contributed by atoms with Crippen molar-refractivity contribution in [3.05, 3.63) is 34.9 Å². The summed E-state index contributed by atoms with van der Waals surface area (Å²) >= 11 is 0. The van der Waals surface area contributed by atoms with Crippen molar-refractivity contribution < 1.29 is 19.1 Å². The van der Waals surface area contributed by atoms with Gasteiger partial charge in [0.2, 0.25) is 0 Å². The van der Waals surface area contributed by atoms with E-state index in [0.29, 0.717) is 12.5 Å². The Morgan fingerprint density at radius 1 is 1.26 bits per heavy atom. The molecule has 27 heavy (non-hydrogen) atoms. The fourth-order valence-electron chi connectivity index (χ4n) is 5.63. The molecule has 0 saturated heterocycles. The van der Waals surface area contributed by atoms with E-state index in [1.165, 1.54) is 30.7 Å².